The van der Waals surface area contributed by atoms with Crippen molar-refractivity contribution in [3.63, 3.8) is 0 Å². The number of carbonyl (C=O) groups is 1. The second kappa shape index (κ2) is 7.64. The number of aromatic nitrogens is 1. The average molecular weight is 342 g/mol. The van der Waals surface area contributed by atoms with Crippen molar-refractivity contribution in [3.05, 3.63) is 54.0 Å². The van der Waals surface area contributed by atoms with Crippen molar-refractivity contribution in [1.29, 1.82) is 0 Å². The van der Waals surface area contributed by atoms with Crippen molar-refractivity contribution in [2.45, 2.75) is 44.4 Å². The van der Waals surface area contributed by atoms with Gasteiger partial charge >= 0.3 is 0 Å². The lowest BCUT2D eigenvalue weighted by molar-refractivity contribution is -0.121. The van der Waals surface area contributed by atoms with Gasteiger partial charge in [-0.3, -0.25) is 4.79 Å². The number of nitrogens with zero attached hydrogens (tertiary/aromatic N) is 1. The van der Waals surface area contributed by atoms with Crippen LogP contribution in [0.15, 0.2) is 42.6 Å². The zero-order chi connectivity index (χ0) is 17.7. The number of amides is 1. The maximum Gasteiger partial charge on any atom is 0.235 e. The van der Waals surface area contributed by atoms with Gasteiger partial charge in [0.25, 0.3) is 0 Å². The Bertz CT molecular complexity index is 707. The van der Waals surface area contributed by atoms with Gasteiger partial charge in [-0.05, 0) is 43.0 Å². The lowest BCUT2D eigenvalue weighted by Gasteiger charge is -2.28. The number of hydrogen-bond acceptors (Lipinski definition) is 3. The van der Waals surface area contributed by atoms with Crippen LogP contribution in [-0.4, -0.2) is 17.5 Å². The van der Waals surface area contributed by atoms with E-state index in [0.29, 0.717) is 18.2 Å². The van der Waals surface area contributed by atoms with Crippen LogP contribution in [0.5, 0.6) is 5.88 Å². The number of anilines is 1. The van der Waals surface area contributed by atoms with Crippen molar-refractivity contribution >= 4 is 11.6 Å². The largest absolute Gasteiger partial charge is 0.478 e. The molecule has 1 heterocycles. The summed E-state index contributed by atoms with van der Waals surface area (Å²) in [7, 11) is 0. The van der Waals surface area contributed by atoms with E-state index in [2.05, 4.69) is 10.3 Å². The predicted molar refractivity (Wildman–Crippen MR) is 95.2 cm³/mol. The quantitative estimate of drug-likeness (QED) is 0.843. The molecule has 1 aliphatic carbocycles. The molecule has 0 saturated heterocycles. The standard InChI is InChI=1S/C20H23FN2O2/c1-2-13-25-18-10-9-17(14-22-18)23-19(24)20(11-3-4-12-20)15-5-7-16(21)8-6-15/h5-10,14H,2-4,11-13H2,1H3,(H,23,24). The lowest BCUT2D eigenvalue weighted by Crippen LogP contribution is -2.38. The smallest absolute Gasteiger partial charge is 0.235 e. The molecule has 0 unspecified atom stereocenters. The summed E-state index contributed by atoms with van der Waals surface area (Å²) >= 11 is 0. The summed E-state index contributed by atoms with van der Waals surface area (Å²) in [5.41, 5.74) is 0.924. The van der Waals surface area contributed by atoms with Crippen LogP contribution in [0.4, 0.5) is 10.1 Å². The minimum atomic E-state index is -0.592. The van der Waals surface area contributed by atoms with E-state index in [0.717, 1.165) is 37.7 Å². The Morgan fingerprint density at radius 3 is 2.52 bits per heavy atom. The highest BCUT2D eigenvalue weighted by Gasteiger charge is 2.42. The molecule has 1 N–H and O–H groups in total. The van der Waals surface area contributed by atoms with E-state index in [1.165, 1.54) is 12.1 Å². The van der Waals surface area contributed by atoms with Gasteiger partial charge in [0.05, 0.1) is 23.9 Å². The highest BCUT2D eigenvalue weighted by atomic mass is 19.1. The molecule has 1 aliphatic rings. The number of carbonyl (C=O) groups excluding carboxylic acids is 1. The molecule has 0 atom stereocenters. The van der Waals surface area contributed by atoms with Gasteiger partial charge in [-0.2, -0.15) is 0 Å². The second-order valence-electron chi connectivity index (χ2n) is 6.48. The zero-order valence-electron chi connectivity index (χ0n) is 14.4. The number of benzene rings is 1. The molecule has 1 saturated carbocycles. The molecule has 4 nitrogen and oxygen atoms in total. The average Bonchev–Trinajstić information content (AvgIpc) is 3.13. The summed E-state index contributed by atoms with van der Waals surface area (Å²) in [6.45, 7) is 2.65. The molecule has 1 amide bonds. The van der Waals surface area contributed by atoms with Crippen LogP contribution in [0, 0.1) is 5.82 Å². The van der Waals surface area contributed by atoms with Crippen LogP contribution in [0.3, 0.4) is 0 Å². The first-order valence-corrected chi connectivity index (χ1v) is 8.80. The van der Waals surface area contributed by atoms with Crippen LogP contribution >= 0.6 is 0 Å². The van der Waals surface area contributed by atoms with Gasteiger partial charge in [0.2, 0.25) is 11.8 Å². The van der Waals surface area contributed by atoms with E-state index < -0.39 is 5.41 Å². The summed E-state index contributed by atoms with van der Waals surface area (Å²) < 4.78 is 18.7. The van der Waals surface area contributed by atoms with Crippen molar-refractivity contribution in [3.8, 4) is 5.88 Å². The molecule has 1 aromatic heterocycles. The summed E-state index contributed by atoms with van der Waals surface area (Å²) in [5, 5.41) is 2.97. The number of nitrogens with one attached hydrogen (secondary N) is 1. The Hall–Kier alpha value is -2.43. The predicted octanol–water partition coefficient (Wildman–Crippen LogP) is 4.46. The first kappa shape index (κ1) is 17.4. The van der Waals surface area contributed by atoms with Crippen LogP contribution in [0.1, 0.15) is 44.6 Å². The van der Waals surface area contributed by atoms with Gasteiger partial charge < -0.3 is 10.1 Å². The fourth-order valence-electron chi connectivity index (χ4n) is 3.39. The highest BCUT2D eigenvalue weighted by Crippen LogP contribution is 2.42. The molecular formula is C20H23FN2O2. The monoisotopic (exact) mass is 342 g/mol. The SMILES string of the molecule is CCCOc1ccc(NC(=O)C2(c3ccc(F)cc3)CCCC2)cn1. The van der Waals surface area contributed by atoms with Gasteiger partial charge in [0.15, 0.2) is 0 Å². The third-order valence-corrected chi connectivity index (χ3v) is 4.74. The first-order chi connectivity index (χ1) is 12.1. The fourth-order valence-corrected chi connectivity index (χ4v) is 3.39. The topological polar surface area (TPSA) is 51.2 Å². The molecule has 25 heavy (non-hydrogen) atoms. The molecule has 5 heteroatoms. The Balaban J connectivity index is 1.76. The van der Waals surface area contributed by atoms with E-state index in [1.54, 1.807) is 30.5 Å². The van der Waals surface area contributed by atoms with E-state index in [-0.39, 0.29) is 11.7 Å². The second-order valence-corrected chi connectivity index (χ2v) is 6.48. The molecule has 0 radical (unpaired) electrons. The Kier molecular flexibility index (Phi) is 5.31. The van der Waals surface area contributed by atoms with E-state index in [4.69, 9.17) is 4.74 Å². The number of pyridine rings is 1. The van der Waals surface area contributed by atoms with Gasteiger partial charge in [-0.25, -0.2) is 9.37 Å². The highest BCUT2D eigenvalue weighted by molar-refractivity contribution is 5.99. The summed E-state index contributed by atoms with van der Waals surface area (Å²) in [6.07, 6.45) is 6.06. The van der Waals surface area contributed by atoms with Crippen LogP contribution in [0.25, 0.3) is 0 Å². The molecule has 0 spiro atoms. The molecule has 0 aliphatic heterocycles. The Morgan fingerprint density at radius 1 is 1.20 bits per heavy atom. The third kappa shape index (κ3) is 3.81. The van der Waals surface area contributed by atoms with E-state index in [1.807, 2.05) is 6.92 Å². The number of hydrogen-bond donors (Lipinski definition) is 1. The van der Waals surface area contributed by atoms with E-state index >= 15 is 0 Å². The van der Waals surface area contributed by atoms with E-state index in [9.17, 15) is 9.18 Å². The van der Waals surface area contributed by atoms with Crippen molar-refractivity contribution < 1.29 is 13.9 Å². The normalized spacial score (nSPS) is 15.8. The number of ether oxygens (including phenoxy) is 1. The first-order valence-electron chi connectivity index (χ1n) is 8.80. The third-order valence-electron chi connectivity index (χ3n) is 4.74. The number of halogens is 1. The Labute approximate surface area is 147 Å². The summed E-state index contributed by atoms with van der Waals surface area (Å²) in [5.74, 6) is 0.207. The molecule has 0 bridgehead atoms. The minimum Gasteiger partial charge on any atom is -0.478 e. The lowest BCUT2D eigenvalue weighted by atomic mass is 9.78. The molecule has 1 aromatic carbocycles. The molecule has 132 valence electrons. The van der Waals surface area contributed by atoms with Gasteiger partial charge in [0, 0.05) is 6.07 Å². The van der Waals surface area contributed by atoms with Crippen molar-refractivity contribution in [2.75, 3.05) is 11.9 Å². The molecule has 1 fully saturated rings. The van der Waals surface area contributed by atoms with Crippen LogP contribution in [0.2, 0.25) is 0 Å². The zero-order valence-corrected chi connectivity index (χ0v) is 14.4. The van der Waals surface area contributed by atoms with Gasteiger partial charge in [0.1, 0.15) is 5.82 Å². The molecular weight excluding hydrogens is 319 g/mol. The van der Waals surface area contributed by atoms with Gasteiger partial charge in [-0.1, -0.05) is 31.9 Å². The molecule has 3 rings (SSSR count). The van der Waals surface area contributed by atoms with Crippen molar-refractivity contribution in [1.82, 2.24) is 4.98 Å². The molecule has 2 aromatic rings. The Morgan fingerprint density at radius 2 is 1.92 bits per heavy atom. The maximum atomic E-state index is 13.3. The van der Waals surface area contributed by atoms with Gasteiger partial charge in [-0.15, -0.1) is 0 Å². The van der Waals surface area contributed by atoms with Crippen LogP contribution < -0.4 is 10.1 Å². The summed E-state index contributed by atoms with van der Waals surface area (Å²) in [6, 6.07) is 9.84. The van der Waals surface area contributed by atoms with Crippen LogP contribution in [-0.2, 0) is 10.2 Å². The van der Waals surface area contributed by atoms with Crippen molar-refractivity contribution in [2.24, 2.45) is 0 Å². The summed E-state index contributed by atoms with van der Waals surface area (Å²) in [4.78, 5) is 17.2. The minimum absolute atomic E-state index is 0.0550. The fraction of sp³-hybridized carbons (Fsp3) is 0.400. The maximum absolute atomic E-state index is 13.3. The number of rotatable bonds is 6.